The maximum Gasteiger partial charge on any atom is 0.422 e. The first-order valence-corrected chi connectivity index (χ1v) is 13.4. The first-order chi connectivity index (χ1) is 18.3. The minimum atomic E-state index is -4.70. The summed E-state index contributed by atoms with van der Waals surface area (Å²) in [6.45, 7) is 2.12. The highest BCUT2D eigenvalue weighted by molar-refractivity contribution is 7.13. The van der Waals surface area contributed by atoms with Gasteiger partial charge in [-0.1, -0.05) is 0 Å². The van der Waals surface area contributed by atoms with Crippen molar-refractivity contribution in [3.63, 3.8) is 0 Å². The maximum absolute atomic E-state index is 14.6. The summed E-state index contributed by atoms with van der Waals surface area (Å²) in [5.41, 5.74) is 6.20. The topological polar surface area (TPSA) is 110 Å². The van der Waals surface area contributed by atoms with Gasteiger partial charge in [0.1, 0.15) is 22.0 Å². The highest BCUT2D eigenvalue weighted by atomic mass is 32.1. The molecule has 0 bridgehead atoms. The number of rotatable bonds is 6. The van der Waals surface area contributed by atoms with E-state index in [1.165, 1.54) is 35.9 Å². The summed E-state index contributed by atoms with van der Waals surface area (Å²) in [7, 11) is 0. The monoisotopic (exact) mass is 545 g/mol. The molecule has 3 aromatic rings. The average Bonchev–Trinajstić information content (AvgIpc) is 3.43. The van der Waals surface area contributed by atoms with E-state index < -0.39 is 17.6 Å². The van der Waals surface area contributed by atoms with Crippen LogP contribution in [0.1, 0.15) is 35.3 Å². The van der Waals surface area contributed by atoms with Crippen LogP contribution in [-0.2, 0) is 6.18 Å². The van der Waals surface area contributed by atoms with Crippen LogP contribution in [0.3, 0.4) is 0 Å². The standard InChI is InChI=1S/C25H26F3N7O2S/c26-25(27,28)21-20(37-15-1-2-15)4-3-17(22(21)35-10-9-34-8-6-16(29)19(34)12-35)32-23(36)18-13-38-24(33-18)14-5-7-30-31-11-14/h3-5,7,11,13,15-16,19H,1-2,6,8-10,12,29H2,(H,32,36)/t16-,19+/m1/s1. The van der Waals surface area contributed by atoms with Gasteiger partial charge >= 0.3 is 6.18 Å². The molecule has 0 radical (unpaired) electrons. The molecule has 3 fully saturated rings. The molecular formula is C25H26F3N7O2S. The van der Waals surface area contributed by atoms with Crippen LogP contribution >= 0.6 is 11.3 Å². The van der Waals surface area contributed by atoms with Crippen molar-refractivity contribution in [2.45, 2.75) is 43.6 Å². The maximum atomic E-state index is 14.6. The van der Waals surface area contributed by atoms with Crippen molar-refractivity contribution < 1.29 is 22.7 Å². The van der Waals surface area contributed by atoms with E-state index in [9.17, 15) is 18.0 Å². The van der Waals surface area contributed by atoms with Crippen LogP contribution in [0.5, 0.6) is 5.75 Å². The molecule has 2 aromatic heterocycles. The van der Waals surface area contributed by atoms with Gasteiger partial charge in [0, 0.05) is 49.2 Å². The van der Waals surface area contributed by atoms with Gasteiger partial charge in [-0.15, -0.1) is 11.3 Å². The number of thiazole rings is 1. The zero-order valence-electron chi connectivity index (χ0n) is 20.3. The molecule has 0 unspecified atom stereocenters. The predicted octanol–water partition coefficient (Wildman–Crippen LogP) is 3.63. The first kappa shape index (κ1) is 25.0. The fraction of sp³-hybridized carbons (Fsp3) is 0.440. The summed E-state index contributed by atoms with van der Waals surface area (Å²) in [6, 6.07) is 4.32. The number of alkyl halides is 3. The molecule has 3 aliphatic rings. The lowest BCUT2D eigenvalue weighted by Crippen LogP contribution is -2.55. The number of nitrogens with two attached hydrogens (primary N) is 1. The van der Waals surface area contributed by atoms with E-state index in [1.54, 1.807) is 16.3 Å². The van der Waals surface area contributed by atoms with Crippen molar-refractivity contribution >= 4 is 28.6 Å². The molecule has 9 nitrogen and oxygen atoms in total. The van der Waals surface area contributed by atoms with Crippen molar-refractivity contribution in [3.8, 4) is 16.3 Å². The molecule has 4 heterocycles. The average molecular weight is 546 g/mol. The highest BCUT2D eigenvalue weighted by Crippen LogP contribution is 2.48. The number of piperazine rings is 1. The third kappa shape index (κ3) is 4.93. The molecule has 6 rings (SSSR count). The summed E-state index contributed by atoms with van der Waals surface area (Å²) in [5, 5.41) is 12.4. The van der Waals surface area contributed by atoms with Gasteiger partial charge in [-0.3, -0.25) is 9.69 Å². The lowest BCUT2D eigenvalue weighted by molar-refractivity contribution is -0.138. The Labute approximate surface area is 220 Å². The normalized spacial score (nSPS) is 21.8. The summed E-state index contributed by atoms with van der Waals surface area (Å²) < 4.78 is 49.6. The van der Waals surface area contributed by atoms with Gasteiger partial charge < -0.3 is 20.7 Å². The van der Waals surface area contributed by atoms with Crippen LogP contribution in [0.2, 0.25) is 0 Å². The van der Waals surface area contributed by atoms with Gasteiger partial charge in [-0.2, -0.15) is 23.4 Å². The number of amides is 1. The van der Waals surface area contributed by atoms with Crippen molar-refractivity contribution in [1.82, 2.24) is 20.1 Å². The molecule has 13 heteroatoms. The van der Waals surface area contributed by atoms with E-state index in [4.69, 9.17) is 10.5 Å². The van der Waals surface area contributed by atoms with Crippen molar-refractivity contribution in [2.75, 3.05) is 36.4 Å². The van der Waals surface area contributed by atoms with E-state index in [0.29, 0.717) is 30.2 Å². The van der Waals surface area contributed by atoms with Gasteiger partial charge in [0.2, 0.25) is 0 Å². The Morgan fingerprint density at radius 3 is 2.71 bits per heavy atom. The lowest BCUT2D eigenvalue weighted by Gasteiger charge is -2.41. The molecular weight excluding hydrogens is 519 g/mol. The van der Waals surface area contributed by atoms with E-state index in [0.717, 1.165) is 25.8 Å². The number of hydrogen-bond donors (Lipinski definition) is 2. The Balaban J connectivity index is 1.36. The Morgan fingerprint density at radius 2 is 1.97 bits per heavy atom. The summed E-state index contributed by atoms with van der Waals surface area (Å²) in [6.07, 6.45) is 0.374. The second kappa shape index (κ2) is 9.79. The molecule has 1 saturated carbocycles. The Morgan fingerprint density at radius 1 is 1.13 bits per heavy atom. The number of hydrogen-bond acceptors (Lipinski definition) is 9. The van der Waals surface area contributed by atoms with Crippen LogP contribution in [0.15, 0.2) is 36.0 Å². The van der Waals surface area contributed by atoms with Crippen LogP contribution in [0.25, 0.3) is 10.6 Å². The van der Waals surface area contributed by atoms with E-state index in [-0.39, 0.29) is 41.0 Å². The minimum absolute atomic E-state index is 0.0588. The Kier molecular flexibility index (Phi) is 6.44. The van der Waals surface area contributed by atoms with Crippen LogP contribution in [-0.4, -0.2) is 70.4 Å². The van der Waals surface area contributed by atoms with Crippen molar-refractivity contribution in [1.29, 1.82) is 0 Å². The second-order valence-corrected chi connectivity index (χ2v) is 10.6. The minimum Gasteiger partial charge on any atom is -0.490 e. The third-order valence-electron chi connectivity index (χ3n) is 7.15. The number of halogens is 3. The molecule has 2 atom stereocenters. The Bertz CT molecular complexity index is 1330. The lowest BCUT2D eigenvalue weighted by atomic mass is 10.0. The largest absolute Gasteiger partial charge is 0.490 e. The predicted molar refractivity (Wildman–Crippen MR) is 136 cm³/mol. The number of anilines is 2. The smallest absolute Gasteiger partial charge is 0.422 e. The fourth-order valence-electron chi connectivity index (χ4n) is 5.10. The number of benzene rings is 1. The van der Waals surface area contributed by atoms with Crippen LogP contribution in [0, 0.1) is 0 Å². The number of carbonyl (C=O) groups excluding carboxylic acids is 1. The number of aromatic nitrogens is 3. The first-order valence-electron chi connectivity index (χ1n) is 12.5. The quantitative estimate of drug-likeness (QED) is 0.484. The second-order valence-electron chi connectivity index (χ2n) is 9.77. The summed E-state index contributed by atoms with van der Waals surface area (Å²) in [4.78, 5) is 21.5. The fourth-order valence-corrected chi connectivity index (χ4v) is 5.89. The third-order valence-corrected chi connectivity index (χ3v) is 8.04. The van der Waals surface area contributed by atoms with Gasteiger partial charge in [-0.25, -0.2) is 4.98 Å². The molecule has 3 N–H and O–H groups in total. The molecule has 200 valence electrons. The van der Waals surface area contributed by atoms with Crippen molar-refractivity contribution in [3.05, 3.63) is 47.2 Å². The number of ether oxygens (including phenoxy) is 1. The molecule has 1 aromatic carbocycles. The van der Waals surface area contributed by atoms with Crippen LogP contribution < -0.4 is 20.7 Å². The van der Waals surface area contributed by atoms with E-state index in [1.807, 2.05) is 0 Å². The summed E-state index contributed by atoms with van der Waals surface area (Å²) in [5.74, 6) is -0.816. The number of nitrogens with one attached hydrogen (secondary N) is 1. The zero-order valence-corrected chi connectivity index (χ0v) is 21.1. The molecule has 1 amide bonds. The van der Waals surface area contributed by atoms with E-state index in [2.05, 4.69) is 25.4 Å². The van der Waals surface area contributed by atoms with Crippen molar-refractivity contribution in [2.24, 2.45) is 5.73 Å². The number of carbonyl (C=O) groups is 1. The molecule has 2 aliphatic heterocycles. The van der Waals surface area contributed by atoms with Crippen LogP contribution in [0.4, 0.5) is 24.5 Å². The van der Waals surface area contributed by atoms with Gasteiger partial charge in [0.25, 0.3) is 5.91 Å². The highest BCUT2D eigenvalue weighted by Gasteiger charge is 2.44. The molecule has 1 aliphatic carbocycles. The zero-order chi connectivity index (χ0) is 26.4. The van der Waals surface area contributed by atoms with Gasteiger partial charge in [0.05, 0.1) is 29.9 Å². The van der Waals surface area contributed by atoms with Gasteiger partial charge in [0.15, 0.2) is 0 Å². The van der Waals surface area contributed by atoms with Gasteiger partial charge in [-0.05, 0) is 37.5 Å². The Hall–Kier alpha value is -3.29. The molecule has 38 heavy (non-hydrogen) atoms. The molecule has 0 spiro atoms. The SMILES string of the molecule is N[C@@H]1CCN2CCN(c3c(NC(=O)c4csc(-c5ccnnc5)n4)ccc(OC4CC4)c3C(F)(F)F)C[C@@H]12. The number of nitrogens with zero attached hydrogens (tertiary/aromatic N) is 5. The number of fused-ring (bicyclic) bond motifs is 1. The van der Waals surface area contributed by atoms with E-state index >= 15 is 0 Å². The summed E-state index contributed by atoms with van der Waals surface area (Å²) >= 11 is 1.24. The molecule has 2 saturated heterocycles.